The first-order valence-electron chi connectivity index (χ1n) is 10.3. The Bertz CT molecular complexity index is 623. The van der Waals surface area contributed by atoms with Gasteiger partial charge in [0.1, 0.15) is 0 Å². The van der Waals surface area contributed by atoms with E-state index in [0.29, 0.717) is 6.41 Å². The fraction of sp³-hybridized carbons (Fsp3) is 0.458. The topological polar surface area (TPSA) is 55.1 Å². The molecular formula is C24H36N2O. The van der Waals surface area contributed by atoms with Crippen molar-refractivity contribution in [2.75, 3.05) is 11.9 Å². The van der Waals surface area contributed by atoms with Gasteiger partial charge in [-0.15, -0.1) is 0 Å². The minimum Gasteiger partial charge on any atom is -0.330 e. The highest BCUT2D eigenvalue weighted by Gasteiger charge is 1.95. The summed E-state index contributed by atoms with van der Waals surface area (Å²) < 4.78 is 0. The molecule has 3 N–H and O–H groups in total. The second-order valence-corrected chi connectivity index (χ2v) is 6.88. The Labute approximate surface area is 165 Å². The van der Waals surface area contributed by atoms with E-state index in [1.807, 2.05) is 18.2 Å². The summed E-state index contributed by atoms with van der Waals surface area (Å²) in [5.74, 6) is 0. The maximum atomic E-state index is 10.2. The fourth-order valence-corrected chi connectivity index (χ4v) is 2.88. The van der Waals surface area contributed by atoms with E-state index in [2.05, 4.69) is 49.5 Å². The Morgan fingerprint density at radius 3 is 2.04 bits per heavy atom. The van der Waals surface area contributed by atoms with E-state index >= 15 is 0 Å². The van der Waals surface area contributed by atoms with Crippen LogP contribution in [0.25, 0.3) is 0 Å². The van der Waals surface area contributed by atoms with Crippen LogP contribution in [0.15, 0.2) is 48.5 Å². The number of rotatable bonds is 11. The predicted octanol–water partition coefficient (Wildman–Crippen LogP) is 5.52. The molecule has 0 aliphatic carbocycles. The van der Waals surface area contributed by atoms with Gasteiger partial charge in [-0.2, -0.15) is 0 Å². The molecule has 0 saturated carbocycles. The molecule has 0 unspecified atom stereocenters. The average molecular weight is 369 g/mol. The van der Waals surface area contributed by atoms with Gasteiger partial charge in [-0.25, -0.2) is 0 Å². The molecule has 0 heterocycles. The first kappa shape index (κ1) is 22.9. The number of unbranched alkanes of at least 4 members (excludes halogenated alkanes) is 3. The third kappa shape index (κ3) is 10.6. The Morgan fingerprint density at radius 2 is 1.44 bits per heavy atom. The molecule has 1 amide bonds. The van der Waals surface area contributed by atoms with Gasteiger partial charge in [-0.3, -0.25) is 4.79 Å². The minimum absolute atomic E-state index is 0.713. The quantitative estimate of drug-likeness (QED) is 0.405. The Hall–Kier alpha value is -2.13. The van der Waals surface area contributed by atoms with Crippen molar-refractivity contribution in [1.82, 2.24) is 0 Å². The monoisotopic (exact) mass is 368 g/mol. The minimum atomic E-state index is 0.713. The second-order valence-electron chi connectivity index (χ2n) is 6.88. The number of aryl methyl sites for hydroxylation is 2. The lowest BCUT2D eigenvalue weighted by Gasteiger charge is -2.03. The highest BCUT2D eigenvalue weighted by atomic mass is 16.1. The molecule has 2 aromatic rings. The van der Waals surface area contributed by atoms with E-state index in [1.54, 1.807) is 0 Å². The maximum Gasteiger partial charge on any atom is 0.211 e. The SMILES string of the molecule is CCCCCc1cccc(NC=O)c1.CCCCc1ccc(CCN)cc1. The summed E-state index contributed by atoms with van der Waals surface area (Å²) in [6.45, 7) is 5.17. The maximum absolute atomic E-state index is 10.2. The van der Waals surface area contributed by atoms with Crippen LogP contribution in [-0.4, -0.2) is 13.0 Å². The van der Waals surface area contributed by atoms with E-state index in [4.69, 9.17) is 5.73 Å². The molecule has 148 valence electrons. The molecule has 2 rings (SSSR count). The Kier molecular flexibility index (Phi) is 12.7. The van der Waals surface area contributed by atoms with E-state index < -0.39 is 0 Å². The first-order valence-corrected chi connectivity index (χ1v) is 10.3. The van der Waals surface area contributed by atoms with Gasteiger partial charge in [0.2, 0.25) is 6.41 Å². The molecule has 0 aliphatic heterocycles. The lowest BCUT2D eigenvalue weighted by molar-refractivity contribution is -0.105. The number of nitrogens with two attached hydrogens (primary N) is 1. The Morgan fingerprint density at radius 1 is 0.815 bits per heavy atom. The lowest BCUT2D eigenvalue weighted by atomic mass is 10.1. The van der Waals surface area contributed by atoms with Crippen LogP contribution in [-0.2, 0) is 24.1 Å². The van der Waals surface area contributed by atoms with Gasteiger partial charge in [0.05, 0.1) is 0 Å². The second kappa shape index (κ2) is 15.0. The molecule has 0 bridgehead atoms. The van der Waals surface area contributed by atoms with Gasteiger partial charge in [0.15, 0.2) is 0 Å². The highest BCUT2D eigenvalue weighted by molar-refractivity contribution is 5.71. The van der Waals surface area contributed by atoms with Crippen molar-refractivity contribution in [3.8, 4) is 0 Å². The van der Waals surface area contributed by atoms with Gasteiger partial charge in [0, 0.05) is 5.69 Å². The molecule has 0 fully saturated rings. The predicted molar refractivity (Wildman–Crippen MR) is 117 cm³/mol. The number of carbonyl (C=O) groups is 1. The van der Waals surface area contributed by atoms with Crippen LogP contribution in [0.1, 0.15) is 62.6 Å². The molecule has 0 saturated heterocycles. The summed E-state index contributed by atoms with van der Waals surface area (Å²) in [6, 6.07) is 16.8. The molecule has 0 spiro atoms. The number of benzene rings is 2. The molecule has 27 heavy (non-hydrogen) atoms. The van der Waals surface area contributed by atoms with Gasteiger partial charge >= 0.3 is 0 Å². The van der Waals surface area contributed by atoms with Crippen molar-refractivity contribution in [3.63, 3.8) is 0 Å². The van der Waals surface area contributed by atoms with E-state index in [1.165, 1.54) is 55.2 Å². The molecule has 0 aliphatic rings. The smallest absolute Gasteiger partial charge is 0.211 e. The van der Waals surface area contributed by atoms with Crippen molar-refractivity contribution in [2.24, 2.45) is 5.73 Å². The van der Waals surface area contributed by atoms with Gasteiger partial charge in [-0.05, 0) is 67.5 Å². The van der Waals surface area contributed by atoms with Crippen molar-refractivity contribution in [2.45, 2.75) is 65.2 Å². The number of anilines is 1. The zero-order valence-corrected chi connectivity index (χ0v) is 17.0. The molecule has 0 radical (unpaired) electrons. The third-order valence-corrected chi connectivity index (χ3v) is 4.50. The van der Waals surface area contributed by atoms with Gasteiger partial charge < -0.3 is 11.1 Å². The number of nitrogens with one attached hydrogen (secondary N) is 1. The summed E-state index contributed by atoms with van der Waals surface area (Å²) in [4.78, 5) is 10.2. The normalized spacial score (nSPS) is 10.0. The third-order valence-electron chi connectivity index (χ3n) is 4.50. The first-order chi connectivity index (χ1) is 13.2. The molecular weight excluding hydrogens is 332 g/mol. The molecule has 3 heteroatoms. The lowest BCUT2D eigenvalue weighted by Crippen LogP contribution is -2.02. The zero-order chi connectivity index (χ0) is 19.7. The summed E-state index contributed by atoms with van der Waals surface area (Å²) in [5.41, 5.74) is 10.5. The van der Waals surface area contributed by atoms with Crippen molar-refractivity contribution < 1.29 is 4.79 Å². The molecule has 0 atom stereocenters. The summed E-state index contributed by atoms with van der Waals surface area (Å²) in [5, 5.41) is 2.66. The van der Waals surface area contributed by atoms with Crippen LogP contribution in [0.3, 0.4) is 0 Å². The number of hydrogen-bond donors (Lipinski definition) is 2. The van der Waals surface area contributed by atoms with Crippen LogP contribution in [0.4, 0.5) is 5.69 Å². The van der Waals surface area contributed by atoms with Crippen molar-refractivity contribution in [1.29, 1.82) is 0 Å². The summed E-state index contributed by atoms with van der Waals surface area (Å²) in [6.07, 6.45) is 10.3. The average Bonchev–Trinajstić information content (AvgIpc) is 2.69. The number of amides is 1. The van der Waals surface area contributed by atoms with Crippen LogP contribution in [0.5, 0.6) is 0 Å². The largest absolute Gasteiger partial charge is 0.330 e. The number of hydrogen-bond acceptors (Lipinski definition) is 2. The van der Waals surface area contributed by atoms with E-state index in [0.717, 1.165) is 25.1 Å². The summed E-state index contributed by atoms with van der Waals surface area (Å²) >= 11 is 0. The summed E-state index contributed by atoms with van der Waals surface area (Å²) in [7, 11) is 0. The zero-order valence-electron chi connectivity index (χ0n) is 17.0. The fourth-order valence-electron chi connectivity index (χ4n) is 2.88. The van der Waals surface area contributed by atoms with Crippen molar-refractivity contribution in [3.05, 3.63) is 65.2 Å². The van der Waals surface area contributed by atoms with Crippen molar-refractivity contribution >= 4 is 12.1 Å². The standard InChI is InChI=1S/C12H17NO.C12H19N/c1-2-3-4-6-11-7-5-8-12(9-11)13-10-14;1-2-3-4-11-5-7-12(8-6-11)9-10-13/h5,7-10H,2-4,6H2,1H3,(H,13,14);5-8H,2-4,9-10,13H2,1H3. The highest BCUT2D eigenvalue weighted by Crippen LogP contribution is 2.12. The molecule has 3 nitrogen and oxygen atoms in total. The number of carbonyl (C=O) groups excluding carboxylic acids is 1. The van der Waals surface area contributed by atoms with Gasteiger partial charge in [-0.1, -0.05) is 69.5 Å². The van der Waals surface area contributed by atoms with Crippen LogP contribution in [0.2, 0.25) is 0 Å². The van der Waals surface area contributed by atoms with Gasteiger partial charge in [0.25, 0.3) is 0 Å². The van der Waals surface area contributed by atoms with Crippen LogP contribution < -0.4 is 11.1 Å². The van der Waals surface area contributed by atoms with Crippen LogP contribution in [0, 0.1) is 0 Å². The van der Waals surface area contributed by atoms with Crippen LogP contribution >= 0.6 is 0 Å². The molecule has 2 aromatic carbocycles. The Balaban J connectivity index is 0.000000271. The van der Waals surface area contributed by atoms with E-state index in [9.17, 15) is 4.79 Å². The molecule has 0 aromatic heterocycles. The van der Waals surface area contributed by atoms with E-state index in [-0.39, 0.29) is 0 Å².